The molecule has 2 heterocycles. The third-order valence-corrected chi connectivity index (χ3v) is 5.07. The van der Waals surface area contributed by atoms with Crippen LogP contribution in [0.3, 0.4) is 0 Å². The maximum absolute atomic E-state index is 10.5. The second kappa shape index (κ2) is 5.71. The zero-order chi connectivity index (χ0) is 14.9. The highest BCUT2D eigenvalue weighted by Gasteiger charge is 2.25. The zero-order valence-corrected chi connectivity index (χ0v) is 13.1. The van der Waals surface area contributed by atoms with Crippen molar-refractivity contribution in [3.05, 3.63) is 58.6 Å². The molecule has 1 aliphatic carbocycles. The minimum atomic E-state index is -0.404. The first-order chi connectivity index (χ1) is 10.8. The van der Waals surface area contributed by atoms with Crippen molar-refractivity contribution in [1.29, 1.82) is 0 Å². The van der Waals surface area contributed by atoms with Crippen molar-refractivity contribution in [2.75, 3.05) is 5.32 Å². The van der Waals surface area contributed by atoms with E-state index < -0.39 is 6.10 Å². The molecule has 0 bridgehead atoms. The predicted octanol–water partition coefficient (Wildman–Crippen LogP) is 4.28. The summed E-state index contributed by atoms with van der Waals surface area (Å²) in [6.07, 6.45) is 2.39. The normalized spacial score (nSPS) is 17.4. The summed E-state index contributed by atoms with van der Waals surface area (Å²) in [4.78, 5) is 5.82. The maximum Gasteiger partial charge on any atom is 0.125 e. The highest BCUT2D eigenvalue weighted by atomic mass is 32.1. The summed E-state index contributed by atoms with van der Waals surface area (Å²) in [6, 6.07) is 12.5. The van der Waals surface area contributed by atoms with Crippen molar-refractivity contribution >= 4 is 27.2 Å². The van der Waals surface area contributed by atoms with Crippen molar-refractivity contribution in [3.8, 4) is 0 Å². The molecular formula is C18H18N2OS. The molecule has 0 spiro atoms. The standard InChI is InChI=1S/C18H18N2OS/c21-15-8-4-7-14-16(15)17(13-9-10-22-18(13)20-14)19-11-12-5-2-1-3-6-12/h1-3,5-6,9-10,15,21H,4,7-8,11H2,(H,19,20). The molecule has 3 nitrogen and oxygen atoms in total. The molecule has 0 amide bonds. The molecule has 0 saturated carbocycles. The summed E-state index contributed by atoms with van der Waals surface area (Å²) in [5.74, 6) is 0. The Kier molecular flexibility index (Phi) is 3.56. The van der Waals surface area contributed by atoms with Gasteiger partial charge in [0, 0.05) is 23.2 Å². The number of pyridine rings is 1. The van der Waals surface area contributed by atoms with Crippen LogP contribution in [0.1, 0.15) is 35.8 Å². The summed E-state index contributed by atoms with van der Waals surface area (Å²) < 4.78 is 0. The van der Waals surface area contributed by atoms with E-state index in [1.165, 1.54) is 5.56 Å². The zero-order valence-electron chi connectivity index (χ0n) is 12.2. The van der Waals surface area contributed by atoms with E-state index >= 15 is 0 Å². The third kappa shape index (κ3) is 2.38. The van der Waals surface area contributed by atoms with Gasteiger partial charge in [-0.1, -0.05) is 30.3 Å². The summed E-state index contributed by atoms with van der Waals surface area (Å²) in [6.45, 7) is 0.759. The number of anilines is 1. The van der Waals surface area contributed by atoms with Gasteiger partial charge in [0.25, 0.3) is 0 Å². The molecule has 22 heavy (non-hydrogen) atoms. The molecule has 1 unspecified atom stereocenters. The van der Waals surface area contributed by atoms with Crippen molar-refractivity contribution in [2.24, 2.45) is 0 Å². The first-order valence-corrected chi connectivity index (χ1v) is 8.57. The van der Waals surface area contributed by atoms with Crippen molar-refractivity contribution in [3.63, 3.8) is 0 Å². The van der Waals surface area contributed by atoms with E-state index in [1.807, 2.05) is 18.2 Å². The van der Waals surface area contributed by atoms with Crippen molar-refractivity contribution < 1.29 is 5.11 Å². The molecular weight excluding hydrogens is 292 g/mol. The molecule has 1 aliphatic rings. The van der Waals surface area contributed by atoms with Gasteiger partial charge in [0.1, 0.15) is 4.83 Å². The maximum atomic E-state index is 10.5. The Morgan fingerprint density at radius 3 is 2.95 bits per heavy atom. The lowest BCUT2D eigenvalue weighted by Crippen LogP contribution is -2.15. The lowest BCUT2D eigenvalue weighted by Gasteiger charge is -2.24. The van der Waals surface area contributed by atoms with Crippen LogP contribution in [0.4, 0.5) is 5.69 Å². The number of benzene rings is 1. The van der Waals surface area contributed by atoms with Crippen molar-refractivity contribution in [1.82, 2.24) is 4.98 Å². The number of nitrogens with one attached hydrogen (secondary N) is 1. The van der Waals surface area contributed by atoms with Gasteiger partial charge in [0.05, 0.1) is 11.8 Å². The van der Waals surface area contributed by atoms with Crippen LogP contribution in [0.15, 0.2) is 41.8 Å². The first kappa shape index (κ1) is 13.7. The molecule has 1 atom stereocenters. The van der Waals surface area contributed by atoms with Crippen LogP contribution in [-0.4, -0.2) is 10.1 Å². The molecule has 0 saturated heterocycles. The topological polar surface area (TPSA) is 45.2 Å². The highest BCUT2D eigenvalue weighted by Crippen LogP contribution is 2.40. The number of fused-ring (bicyclic) bond motifs is 2. The number of aliphatic hydroxyl groups is 1. The van der Waals surface area contributed by atoms with E-state index in [-0.39, 0.29) is 0 Å². The molecule has 112 valence electrons. The lowest BCUT2D eigenvalue weighted by molar-refractivity contribution is 0.156. The van der Waals surface area contributed by atoms with Gasteiger partial charge in [-0.3, -0.25) is 0 Å². The predicted molar refractivity (Wildman–Crippen MR) is 91.3 cm³/mol. The minimum Gasteiger partial charge on any atom is -0.388 e. The second-order valence-electron chi connectivity index (χ2n) is 5.73. The average molecular weight is 310 g/mol. The summed E-state index contributed by atoms with van der Waals surface area (Å²) in [7, 11) is 0. The molecule has 1 aromatic carbocycles. The quantitative estimate of drug-likeness (QED) is 0.759. The Labute approximate surface area is 133 Å². The molecule has 2 aromatic heterocycles. The van der Waals surface area contributed by atoms with E-state index in [0.29, 0.717) is 0 Å². The Balaban J connectivity index is 1.77. The smallest absolute Gasteiger partial charge is 0.125 e. The van der Waals surface area contributed by atoms with Gasteiger partial charge < -0.3 is 10.4 Å². The average Bonchev–Trinajstić information content (AvgIpc) is 3.01. The van der Waals surface area contributed by atoms with Gasteiger partial charge in [-0.25, -0.2) is 4.98 Å². The van der Waals surface area contributed by atoms with E-state index in [9.17, 15) is 5.11 Å². The fourth-order valence-electron chi connectivity index (χ4n) is 3.18. The molecule has 4 heteroatoms. The van der Waals surface area contributed by atoms with Gasteiger partial charge in [0.15, 0.2) is 0 Å². The van der Waals surface area contributed by atoms with Gasteiger partial charge >= 0.3 is 0 Å². The lowest BCUT2D eigenvalue weighted by atomic mass is 9.91. The van der Waals surface area contributed by atoms with E-state index in [4.69, 9.17) is 4.98 Å². The fraction of sp³-hybridized carbons (Fsp3) is 0.278. The van der Waals surface area contributed by atoms with Crippen molar-refractivity contribution in [2.45, 2.75) is 31.9 Å². The van der Waals surface area contributed by atoms with E-state index in [1.54, 1.807) is 11.3 Å². The molecule has 4 rings (SSSR count). The Bertz CT molecular complexity index is 797. The Hall–Kier alpha value is -1.91. The number of aliphatic hydroxyl groups excluding tert-OH is 1. The van der Waals surface area contributed by atoms with Gasteiger partial charge in [-0.15, -0.1) is 11.3 Å². The SMILES string of the molecule is OC1CCCc2nc3sccc3c(NCc3ccccc3)c21. The fourth-order valence-corrected chi connectivity index (χ4v) is 3.98. The monoisotopic (exact) mass is 310 g/mol. The Morgan fingerprint density at radius 2 is 2.09 bits per heavy atom. The van der Waals surface area contributed by atoms with E-state index in [0.717, 1.165) is 53.0 Å². The van der Waals surface area contributed by atoms with E-state index in [2.05, 4.69) is 28.9 Å². The van der Waals surface area contributed by atoms with Crippen LogP contribution in [0.2, 0.25) is 0 Å². The largest absolute Gasteiger partial charge is 0.388 e. The van der Waals surface area contributed by atoms with Gasteiger partial charge in [-0.05, 0) is 36.3 Å². The van der Waals surface area contributed by atoms with Crippen LogP contribution in [0, 0.1) is 0 Å². The molecule has 0 fully saturated rings. The number of thiophene rings is 1. The van der Waals surface area contributed by atoms with Crippen LogP contribution in [0.25, 0.3) is 10.2 Å². The molecule has 0 aliphatic heterocycles. The van der Waals surface area contributed by atoms with Crippen LogP contribution >= 0.6 is 11.3 Å². The summed E-state index contributed by atoms with van der Waals surface area (Å²) in [5, 5.41) is 17.2. The van der Waals surface area contributed by atoms with Gasteiger partial charge in [0.2, 0.25) is 0 Å². The second-order valence-corrected chi connectivity index (χ2v) is 6.63. The number of nitrogens with zero attached hydrogens (tertiary/aromatic N) is 1. The summed E-state index contributed by atoms with van der Waals surface area (Å²) >= 11 is 1.66. The number of aromatic nitrogens is 1. The van der Waals surface area contributed by atoms with Crippen LogP contribution in [-0.2, 0) is 13.0 Å². The van der Waals surface area contributed by atoms with Crippen LogP contribution in [0.5, 0.6) is 0 Å². The summed E-state index contributed by atoms with van der Waals surface area (Å²) in [5.41, 5.74) is 4.37. The number of hydrogen-bond acceptors (Lipinski definition) is 4. The highest BCUT2D eigenvalue weighted by molar-refractivity contribution is 7.16. The number of rotatable bonds is 3. The minimum absolute atomic E-state index is 0.404. The molecule has 3 aromatic rings. The number of hydrogen-bond donors (Lipinski definition) is 2. The first-order valence-electron chi connectivity index (χ1n) is 7.69. The molecule has 2 N–H and O–H groups in total. The Morgan fingerprint density at radius 1 is 1.23 bits per heavy atom. The third-order valence-electron chi connectivity index (χ3n) is 4.27. The molecule has 0 radical (unpaired) electrons. The van der Waals surface area contributed by atoms with Gasteiger partial charge in [-0.2, -0.15) is 0 Å². The van der Waals surface area contributed by atoms with Crippen LogP contribution < -0.4 is 5.32 Å². The number of aryl methyl sites for hydroxylation is 1.